The molecule has 0 spiro atoms. The van der Waals surface area contributed by atoms with Crippen LogP contribution in [0.15, 0.2) is 0 Å². The van der Waals surface area contributed by atoms with Gasteiger partial charge in [-0.1, -0.05) is 0 Å². The molecule has 0 aromatic carbocycles. The highest BCUT2D eigenvalue weighted by atomic mass is 12.8. The van der Waals surface area contributed by atoms with Gasteiger partial charge >= 0.3 is 0 Å². The van der Waals surface area contributed by atoms with E-state index in [4.69, 9.17) is 0 Å². The van der Waals surface area contributed by atoms with Crippen molar-refractivity contribution in [2.24, 2.45) is 0 Å². The Bertz CT molecular complexity index is 11.6. The maximum Gasteiger partial charge on any atom is 0.0379 e. The van der Waals surface area contributed by atoms with Gasteiger partial charge in [0.2, 0.25) is 0 Å². The molecule has 0 aromatic rings. The van der Waals surface area contributed by atoms with Crippen LogP contribution >= 0.6 is 0 Å². The van der Waals surface area contributed by atoms with Crippen LogP contribution in [0, 0.1) is 0 Å². The predicted octanol–water partition coefficient (Wildman–Crippen LogP) is -3.24. The summed E-state index contributed by atoms with van der Waals surface area (Å²) in [6, 6.07) is 0. The Morgan fingerprint density at radius 2 is 0.600 bits per heavy atom. The largest absolute Gasteiger partial charge is 0.0379 e. The van der Waals surface area contributed by atoms with Crippen molar-refractivity contribution in [2.75, 3.05) is 0 Å². The van der Waals surface area contributed by atoms with Crippen molar-refractivity contribution in [3.8, 4) is 0 Å². The Labute approximate surface area is 36.2 Å². The molecule has 1 heterocycles. The van der Waals surface area contributed by atoms with Gasteiger partial charge in [0, 0.05) is 35.3 Å². The van der Waals surface area contributed by atoms with Crippen LogP contribution in [0.2, 0.25) is 0 Å². The van der Waals surface area contributed by atoms with Gasteiger partial charge in [-0.25, -0.2) is 0 Å². The molecule has 0 bridgehead atoms. The Balaban J connectivity index is 2.08. The first-order valence-corrected chi connectivity index (χ1v) is 2.50. The third kappa shape index (κ3) is 0.824. The maximum atomic E-state index is 1.50. The lowest BCUT2D eigenvalue weighted by Crippen LogP contribution is -2.00. The summed E-state index contributed by atoms with van der Waals surface area (Å²) in [6.07, 6.45) is 0. The molecule has 0 radical (unpaired) electrons. The van der Waals surface area contributed by atoms with Crippen molar-refractivity contribution in [1.29, 1.82) is 0 Å². The van der Waals surface area contributed by atoms with Crippen LogP contribution in [0.25, 0.3) is 0 Å². The van der Waals surface area contributed by atoms with Crippen molar-refractivity contribution in [2.45, 2.75) is 0 Å². The SMILES string of the molecule is B1BBBB1. The summed E-state index contributed by atoms with van der Waals surface area (Å²) in [6.45, 7) is 0. The van der Waals surface area contributed by atoms with E-state index in [-0.39, 0.29) is 0 Å². The van der Waals surface area contributed by atoms with Gasteiger partial charge in [-0.3, -0.25) is 0 Å². The summed E-state index contributed by atoms with van der Waals surface area (Å²) < 4.78 is 0. The zero-order valence-corrected chi connectivity index (χ0v) is 3.54. The highest BCUT2D eigenvalue weighted by molar-refractivity contribution is 7.76. The number of hydrogen-bond acceptors (Lipinski definition) is 0. The third-order valence-corrected chi connectivity index (χ3v) is 1.25. The minimum atomic E-state index is 1.50. The molecule has 5 heteroatoms. The molecule has 0 atom stereocenters. The fraction of sp³-hybridized carbons (Fsp3) is 0. The Morgan fingerprint density at radius 1 is 0.400 bits per heavy atom. The van der Waals surface area contributed by atoms with Crippen molar-refractivity contribution in [3.63, 3.8) is 0 Å². The van der Waals surface area contributed by atoms with E-state index in [1.54, 1.807) is 0 Å². The zero-order valence-electron chi connectivity index (χ0n) is 3.54. The molecule has 0 aromatic heterocycles. The zero-order chi connectivity index (χ0) is 3.54. The van der Waals surface area contributed by atoms with Gasteiger partial charge in [0.15, 0.2) is 0 Å². The smallest absolute Gasteiger partial charge is 0.0379 e. The highest BCUT2D eigenvalue weighted by Gasteiger charge is 2.04. The monoisotopic (exact) mass is 60.1 g/mol. The molecule has 1 fully saturated rings. The molecule has 0 N–H and O–H groups in total. The molecule has 1 saturated heterocycles. The Kier molecular flexibility index (Phi) is 1.18. The average Bonchev–Trinajstić information content (AvgIpc) is 1.76. The van der Waals surface area contributed by atoms with E-state index in [1.165, 1.54) is 35.3 Å². The molecular formula is H5B5. The highest BCUT2D eigenvalue weighted by Crippen LogP contribution is 1.62. The topological polar surface area (TPSA) is 0 Å². The van der Waals surface area contributed by atoms with Crippen molar-refractivity contribution < 1.29 is 0 Å². The molecule has 0 aliphatic carbocycles. The van der Waals surface area contributed by atoms with Gasteiger partial charge in [-0.05, 0) is 0 Å². The minimum Gasteiger partial charge on any atom is 0.0379 e. The second kappa shape index (κ2) is 1.69. The quantitative estimate of drug-likeness (QED) is 0.257. The van der Waals surface area contributed by atoms with Crippen LogP contribution in [0.3, 0.4) is 0 Å². The molecule has 0 nitrogen and oxygen atoms in total. The number of hydrogen-bond donors (Lipinski definition) is 0. The molecule has 0 amide bonds. The second-order valence-electron chi connectivity index (χ2n) is 1.77. The summed E-state index contributed by atoms with van der Waals surface area (Å²) in [5, 5.41) is 0. The molecule has 1 aliphatic rings. The normalized spacial score (nSPS) is 16.0. The molecule has 0 unspecified atom stereocenters. The van der Waals surface area contributed by atoms with E-state index in [1.807, 2.05) is 0 Å². The summed E-state index contributed by atoms with van der Waals surface area (Å²) >= 11 is 0. The number of rotatable bonds is 0. The van der Waals surface area contributed by atoms with E-state index in [2.05, 4.69) is 0 Å². The molecule has 1 rings (SSSR count). The molecule has 1 aliphatic heterocycles. The van der Waals surface area contributed by atoms with Crippen LogP contribution in [-0.2, 0) is 0 Å². The Hall–Kier alpha value is 0.325. The van der Waals surface area contributed by atoms with E-state index in [0.717, 1.165) is 0 Å². The molecule has 5 heavy (non-hydrogen) atoms. The average molecular weight is 59.1 g/mol. The summed E-state index contributed by atoms with van der Waals surface area (Å²) in [5.74, 6) is 0. The lowest BCUT2D eigenvalue weighted by Gasteiger charge is -1.58. The molecule has 0 saturated carbocycles. The van der Waals surface area contributed by atoms with E-state index >= 15 is 0 Å². The van der Waals surface area contributed by atoms with Crippen LogP contribution in [0.4, 0.5) is 0 Å². The van der Waals surface area contributed by atoms with Crippen LogP contribution in [0.5, 0.6) is 0 Å². The van der Waals surface area contributed by atoms with Crippen LogP contribution < -0.4 is 0 Å². The van der Waals surface area contributed by atoms with Gasteiger partial charge in [-0.2, -0.15) is 0 Å². The van der Waals surface area contributed by atoms with Gasteiger partial charge in [0.25, 0.3) is 0 Å². The Morgan fingerprint density at radius 3 is 0.800 bits per heavy atom. The van der Waals surface area contributed by atoms with Crippen molar-refractivity contribution in [1.82, 2.24) is 0 Å². The van der Waals surface area contributed by atoms with Gasteiger partial charge in [-0.15, -0.1) is 0 Å². The van der Waals surface area contributed by atoms with Gasteiger partial charge in [0.05, 0.1) is 0 Å². The van der Waals surface area contributed by atoms with Gasteiger partial charge in [0.1, 0.15) is 0 Å². The predicted molar refractivity (Wildman–Crippen MR) is 35.7 cm³/mol. The first-order valence-electron chi connectivity index (χ1n) is 2.50. The first-order chi connectivity index (χ1) is 2.50. The minimum absolute atomic E-state index is 1.50. The van der Waals surface area contributed by atoms with Gasteiger partial charge < -0.3 is 0 Å². The summed E-state index contributed by atoms with van der Waals surface area (Å²) in [7, 11) is 7.50. The standard InChI is InChI=1S/B5H5/c1-2-4-5-3-1/h1-5H. The van der Waals surface area contributed by atoms with Crippen LogP contribution in [-0.4, -0.2) is 35.3 Å². The third-order valence-electron chi connectivity index (χ3n) is 1.25. The van der Waals surface area contributed by atoms with E-state index < -0.39 is 0 Å². The summed E-state index contributed by atoms with van der Waals surface area (Å²) in [4.78, 5) is 0. The molecule has 20 valence electrons. The van der Waals surface area contributed by atoms with E-state index in [9.17, 15) is 0 Å². The van der Waals surface area contributed by atoms with Crippen molar-refractivity contribution in [3.05, 3.63) is 0 Å². The lowest BCUT2D eigenvalue weighted by atomic mass is 9.19. The maximum absolute atomic E-state index is 1.50. The van der Waals surface area contributed by atoms with Crippen LogP contribution in [0.1, 0.15) is 0 Å². The first kappa shape index (κ1) is 3.51. The fourth-order valence-corrected chi connectivity index (χ4v) is 0.884. The lowest BCUT2D eigenvalue weighted by molar-refractivity contribution is 4.14. The fourth-order valence-electron chi connectivity index (χ4n) is 0.884. The van der Waals surface area contributed by atoms with E-state index in [0.29, 0.717) is 0 Å². The second-order valence-corrected chi connectivity index (χ2v) is 1.77. The molecular weight excluding hydrogens is 54.1 g/mol. The summed E-state index contributed by atoms with van der Waals surface area (Å²) in [5.41, 5.74) is 0. The van der Waals surface area contributed by atoms with Crippen molar-refractivity contribution >= 4 is 35.3 Å².